The summed E-state index contributed by atoms with van der Waals surface area (Å²) in [5.41, 5.74) is 6.42. The van der Waals surface area contributed by atoms with Gasteiger partial charge in [-0.1, -0.05) is 32.6 Å². The Morgan fingerprint density at radius 3 is 2.88 bits per heavy atom. The van der Waals surface area contributed by atoms with Crippen molar-refractivity contribution < 1.29 is 14.0 Å². The Hall–Kier alpha value is -2.60. The predicted octanol–water partition coefficient (Wildman–Crippen LogP) is 0.248. The highest BCUT2D eigenvalue weighted by Crippen LogP contribution is 2.40. The van der Waals surface area contributed by atoms with Gasteiger partial charge >= 0.3 is 6.03 Å². The number of nitrogens with one attached hydrogen (secondary N) is 5. The molecule has 6 rings (SSSR count). The number of amides is 3. The number of fused-ring (bicyclic) bond motifs is 5. The van der Waals surface area contributed by atoms with Crippen LogP contribution in [-0.2, 0) is 4.79 Å². The Kier molecular flexibility index (Phi) is 9.05. The molecule has 5 fully saturated rings. The van der Waals surface area contributed by atoms with E-state index in [0.29, 0.717) is 45.1 Å². The van der Waals surface area contributed by atoms with Crippen LogP contribution in [0.4, 0.5) is 9.18 Å². The topological polar surface area (TPSA) is 131 Å². The Bertz CT molecular complexity index is 1130. The van der Waals surface area contributed by atoms with Gasteiger partial charge in [0.2, 0.25) is 5.91 Å². The zero-order valence-corrected chi connectivity index (χ0v) is 25.3. The zero-order valence-electron chi connectivity index (χ0n) is 25.3. The Morgan fingerprint density at radius 1 is 1.28 bits per heavy atom. The molecule has 5 N–H and O–H groups in total. The summed E-state index contributed by atoms with van der Waals surface area (Å²) in [7, 11) is 0. The second-order valence-electron chi connectivity index (χ2n) is 13.3. The molecular formula is C30H47FN10O2. The first-order chi connectivity index (χ1) is 20.8. The molecule has 0 saturated carbocycles. The molecular weight excluding hydrogens is 551 g/mol. The summed E-state index contributed by atoms with van der Waals surface area (Å²) in [6.45, 7) is 11.6. The normalized spacial score (nSPS) is 40.5. The van der Waals surface area contributed by atoms with Crippen LogP contribution in [0.25, 0.3) is 0 Å². The lowest BCUT2D eigenvalue weighted by atomic mass is 9.76. The first kappa shape index (κ1) is 30.4. The third kappa shape index (κ3) is 5.69. The number of alkyl halides is 1. The molecule has 12 nitrogen and oxygen atoms in total. The van der Waals surface area contributed by atoms with Gasteiger partial charge in [0.15, 0.2) is 0 Å². The predicted molar refractivity (Wildman–Crippen MR) is 159 cm³/mol. The van der Waals surface area contributed by atoms with Crippen LogP contribution < -0.4 is 26.9 Å². The van der Waals surface area contributed by atoms with Crippen molar-refractivity contribution in [1.29, 1.82) is 5.26 Å². The van der Waals surface area contributed by atoms with E-state index >= 15 is 4.39 Å². The summed E-state index contributed by atoms with van der Waals surface area (Å²) in [5.74, 6) is 0.155. The van der Waals surface area contributed by atoms with Gasteiger partial charge in [0.25, 0.3) is 0 Å². The summed E-state index contributed by atoms with van der Waals surface area (Å²) in [6.07, 6.45) is 6.09. The van der Waals surface area contributed by atoms with Crippen LogP contribution in [0.3, 0.4) is 0 Å². The molecule has 236 valence electrons. The molecule has 13 heteroatoms. The first-order valence-electron chi connectivity index (χ1n) is 16.0. The van der Waals surface area contributed by atoms with Crippen molar-refractivity contribution in [2.75, 3.05) is 39.3 Å². The Labute approximate surface area is 254 Å². The van der Waals surface area contributed by atoms with E-state index in [1.54, 1.807) is 4.90 Å². The molecule has 5 saturated heterocycles. The fourth-order valence-corrected chi connectivity index (χ4v) is 8.55. The monoisotopic (exact) mass is 598 g/mol. The number of hydrogen-bond donors (Lipinski definition) is 5. The van der Waals surface area contributed by atoms with E-state index < -0.39 is 18.4 Å². The molecule has 0 spiro atoms. The molecule has 2 bridgehead atoms. The second kappa shape index (κ2) is 12.8. The number of carbonyl (C=O) groups excluding carboxylic acids is 2. The van der Waals surface area contributed by atoms with E-state index in [1.165, 1.54) is 6.08 Å². The van der Waals surface area contributed by atoms with Crippen molar-refractivity contribution in [2.24, 2.45) is 17.8 Å². The quantitative estimate of drug-likeness (QED) is 0.228. The van der Waals surface area contributed by atoms with Crippen molar-refractivity contribution in [3.63, 3.8) is 0 Å². The summed E-state index contributed by atoms with van der Waals surface area (Å²) in [4.78, 5) is 32.8. The molecule has 6 aliphatic rings. The number of halogens is 1. The van der Waals surface area contributed by atoms with Gasteiger partial charge in [-0.3, -0.25) is 15.0 Å². The first-order valence-corrected chi connectivity index (χ1v) is 16.0. The van der Waals surface area contributed by atoms with Gasteiger partial charge < -0.3 is 20.4 Å². The van der Waals surface area contributed by atoms with Gasteiger partial charge in [0.1, 0.15) is 6.17 Å². The minimum atomic E-state index is -1.12. The number of hydrazine groups is 2. The van der Waals surface area contributed by atoms with Crippen molar-refractivity contribution in [2.45, 2.75) is 88.2 Å². The average Bonchev–Trinajstić information content (AvgIpc) is 3.46. The highest BCUT2D eigenvalue weighted by molar-refractivity contribution is 5.87. The lowest BCUT2D eigenvalue weighted by Crippen LogP contribution is -2.80. The fraction of sp³-hybridized carbons (Fsp3) is 0.767. The molecule has 0 aliphatic carbocycles. The maximum atomic E-state index is 16.4. The van der Waals surface area contributed by atoms with Crippen LogP contribution in [0, 0.1) is 29.1 Å². The molecule has 0 radical (unpaired) electrons. The third-order valence-corrected chi connectivity index (χ3v) is 10.6. The van der Waals surface area contributed by atoms with Crippen LogP contribution in [-0.4, -0.2) is 120 Å². The number of urea groups is 1. The lowest BCUT2D eigenvalue weighted by Gasteiger charge is -2.59. The molecule has 10 atom stereocenters. The summed E-state index contributed by atoms with van der Waals surface area (Å²) >= 11 is 0. The highest BCUT2D eigenvalue weighted by atomic mass is 19.1. The minimum Gasteiger partial charge on any atom is -0.333 e. The molecule has 43 heavy (non-hydrogen) atoms. The van der Waals surface area contributed by atoms with Gasteiger partial charge in [-0.2, -0.15) is 10.8 Å². The summed E-state index contributed by atoms with van der Waals surface area (Å²) < 4.78 is 16.4. The lowest BCUT2D eigenvalue weighted by molar-refractivity contribution is -0.133. The average molecular weight is 599 g/mol. The van der Waals surface area contributed by atoms with Crippen LogP contribution in [0.5, 0.6) is 0 Å². The summed E-state index contributed by atoms with van der Waals surface area (Å²) in [6, 6.07) is 1.22. The van der Waals surface area contributed by atoms with E-state index in [-0.39, 0.29) is 60.5 Å². The van der Waals surface area contributed by atoms with Gasteiger partial charge in [-0.25, -0.2) is 19.6 Å². The number of piperazine rings is 1. The number of carbonyl (C=O) groups is 2. The smallest absolute Gasteiger partial charge is 0.320 e. The highest BCUT2D eigenvalue weighted by Gasteiger charge is 2.56. The number of rotatable bonds is 4. The van der Waals surface area contributed by atoms with E-state index in [1.807, 2.05) is 4.90 Å². The van der Waals surface area contributed by atoms with Gasteiger partial charge in [0.05, 0.1) is 49.0 Å². The molecule has 3 amide bonds. The van der Waals surface area contributed by atoms with Crippen molar-refractivity contribution in [3.8, 4) is 6.07 Å². The minimum absolute atomic E-state index is 0.0556. The zero-order chi connectivity index (χ0) is 30.2. The summed E-state index contributed by atoms with van der Waals surface area (Å²) in [5, 5.41) is 22.4. The number of nitriles is 1. The van der Waals surface area contributed by atoms with E-state index in [4.69, 9.17) is 0 Å². The third-order valence-electron chi connectivity index (χ3n) is 10.6. The van der Waals surface area contributed by atoms with E-state index in [0.717, 1.165) is 19.4 Å². The Morgan fingerprint density at radius 2 is 2.12 bits per heavy atom. The van der Waals surface area contributed by atoms with Gasteiger partial charge in [-0.15, -0.1) is 0 Å². The van der Waals surface area contributed by atoms with Crippen molar-refractivity contribution >= 4 is 11.9 Å². The second-order valence-corrected chi connectivity index (χ2v) is 13.3. The Balaban J connectivity index is 1.36. The number of allylic oxidation sites excluding steroid dienone is 1. The van der Waals surface area contributed by atoms with E-state index in [2.05, 4.69) is 75.5 Å². The molecule has 10 unspecified atom stereocenters. The number of nitrogens with zero attached hydrogens (tertiary/aromatic N) is 5. The molecule has 6 aliphatic heterocycles. The van der Waals surface area contributed by atoms with Gasteiger partial charge in [0, 0.05) is 44.7 Å². The van der Waals surface area contributed by atoms with Crippen molar-refractivity contribution in [3.05, 3.63) is 24.8 Å². The van der Waals surface area contributed by atoms with Crippen molar-refractivity contribution in [1.82, 2.24) is 46.6 Å². The van der Waals surface area contributed by atoms with Crippen LogP contribution in [0.2, 0.25) is 0 Å². The number of hydrogen-bond acceptors (Lipinski definition) is 9. The fourth-order valence-electron chi connectivity index (χ4n) is 8.55. The molecule has 0 aromatic carbocycles. The van der Waals surface area contributed by atoms with E-state index in [9.17, 15) is 14.9 Å². The molecule has 6 heterocycles. The SMILES string of the molecule is C=CC(=O)N1CCN(C2NC(=O)N3C4NC(C(F)CC24)C2CNNN2CC=CCC2CCNC(C(C)C)C23)CC1CC#N. The van der Waals surface area contributed by atoms with Crippen LogP contribution >= 0.6 is 0 Å². The standard InChI is InChI=1S/C30H47FN10O2/c1-4-24(42)39-14-13-38(17-20(39)8-10-32)28-21-15-22(31)26-23-16-34-37-40(23)12-6-5-7-19-9-11-33-25(18(2)3)27(19)41(29(21)35-26)30(43)36-28/h4-6,18-23,25-29,33-35,37H,1,7-9,11-17H2,2-3H3,(H,36,43). The molecule has 0 aromatic heterocycles. The number of piperidine rings is 2. The molecule has 0 aromatic rings. The largest absolute Gasteiger partial charge is 0.333 e. The maximum Gasteiger partial charge on any atom is 0.320 e. The van der Waals surface area contributed by atoms with Gasteiger partial charge in [-0.05, 0) is 43.7 Å². The maximum absolute atomic E-state index is 16.4. The van der Waals surface area contributed by atoms with Crippen LogP contribution in [0.1, 0.15) is 39.5 Å². The van der Waals surface area contributed by atoms with Crippen LogP contribution in [0.15, 0.2) is 24.8 Å².